The number of amides is 2. The SMILES string of the molecule is CCC(=O)N(Cc1cc(NC(=O)CC(C)(C)C)ccc1N(C)C)CC1CC1. The van der Waals surface area contributed by atoms with E-state index in [2.05, 4.69) is 31.0 Å². The molecule has 1 N–H and O–H groups in total. The quantitative estimate of drug-likeness (QED) is 0.740. The fourth-order valence-corrected chi connectivity index (χ4v) is 3.21. The van der Waals surface area contributed by atoms with E-state index < -0.39 is 0 Å². The number of hydrogen-bond acceptors (Lipinski definition) is 3. The standard InChI is InChI=1S/C22H35N3O2/c1-7-21(27)25(14-16-8-9-16)15-17-12-18(10-11-19(17)24(5)6)23-20(26)13-22(2,3)4/h10-12,16H,7-9,13-15H2,1-6H3,(H,23,26). The number of carbonyl (C=O) groups excluding carboxylic acids is 2. The van der Waals surface area contributed by atoms with Gasteiger partial charge in [0.25, 0.3) is 0 Å². The molecule has 1 aliphatic rings. The number of rotatable bonds is 8. The molecule has 0 spiro atoms. The summed E-state index contributed by atoms with van der Waals surface area (Å²) < 4.78 is 0. The van der Waals surface area contributed by atoms with E-state index in [1.54, 1.807) is 0 Å². The molecule has 1 saturated carbocycles. The second-order valence-corrected chi connectivity index (χ2v) is 9.09. The molecule has 150 valence electrons. The highest BCUT2D eigenvalue weighted by atomic mass is 16.2. The van der Waals surface area contributed by atoms with Gasteiger partial charge in [-0.3, -0.25) is 9.59 Å². The highest BCUT2D eigenvalue weighted by Gasteiger charge is 2.27. The molecule has 0 unspecified atom stereocenters. The second-order valence-electron chi connectivity index (χ2n) is 9.09. The van der Waals surface area contributed by atoms with Gasteiger partial charge in [-0.05, 0) is 47.9 Å². The lowest BCUT2D eigenvalue weighted by Gasteiger charge is -2.26. The fraction of sp³-hybridized carbons (Fsp3) is 0.636. The monoisotopic (exact) mass is 373 g/mol. The van der Waals surface area contributed by atoms with Crippen molar-refractivity contribution < 1.29 is 9.59 Å². The van der Waals surface area contributed by atoms with E-state index in [1.807, 2.05) is 44.1 Å². The largest absolute Gasteiger partial charge is 0.377 e. The van der Waals surface area contributed by atoms with Crippen LogP contribution in [0.25, 0.3) is 0 Å². The van der Waals surface area contributed by atoms with Crippen molar-refractivity contribution in [1.29, 1.82) is 0 Å². The Morgan fingerprint density at radius 1 is 1.19 bits per heavy atom. The van der Waals surface area contributed by atoms with E-state index in [-0.39, 0.29) is 17.2 Å². The molecule has 0 atom stereocenters. The Kier molecular flexibility index (Phi) is 6.90. The molecule has 27 heavy (non-hydrogen) atoms. The molecular formula is C22H35N3O2. The highest BCUT2D eigenvalue weighted by molar-refractivity contribution is 5.91. The molecular weight excluding hydrogens is 338 g/mol. The molecule has 5 nitrogen and oxygen atoms in total. The van der Waals surface area contributed by atoms with Crippen LogP contribution < -0.4 is 10.2 Å². The van der Waals surface area contributed by atoms with Gasteiger partial charge in [0.2, 0.25) is 11.8 Å². The zero-order chi connectivity index (χ0) is 20.2. The maximum absolute atomic E-state index is 12.4. The van der Waals surface area contributed by atoms with Crippen LogP contribution in [0.1, 0.15) is 58.9 Å². The number of nitrogens with zero attached hydrogens (tertiary/aromatic N) is 2. The minimum atomic E-state index is -0.0505. The molecule has 0 saturated heterocycles. The van der Waals surface area contributed by atoms with Gasteiger partial charge >= 0.3 is 0 Å². The van der Waals surface area contributed by atoms with E-state index >= 15 is 0 Å². The molecule has 1 aromatic rings. The molecule has 0 heterocycles. The second kappa shape index (κ2) is 8.77. The van der Waals surface area contributed by atoms with Crippen LogP contribution >= 0.6 is 0 Å². The number of carbonyl (C=O) groups is 2. The average Bonchev–Trinajstić information content (AvgIpc) is 3.35. The molecule has 0 aromatic heterocycles. The maximum Gasteiger partial charge on any atom is 0.224 e. The van der Waals surface area contributed by atoms with E-state index in [0.717, 1.165) is 23.5 Å². The van der Waals surface area contributed by atoms with Crippen molar-refractivity contribution >= 4 is 23.2 Å². The highest BCUT2D eigenvalue weighted by Crippen LogP contribution is 2.32. The third-order valence-electron chi connectivity index (χ3n) is 4.73. The zero-order valence-corrected chi connectivity index (χ0v) is 17.8. The number of nitrogens with one attached hydrogen (secondary N) is 1. The molecule has 1 fully saturated rings. The summed E-state index contributed by atoms with van der Waals surface area (Å²) in [5, 5.41) is 3.01. The topological polar surface area (TPSA) is 52.7 Å². The minimum absolute atomic E-state index is 0.0190. The zero-order valence-electron chi connectivity index (χ0n) is 17.8. The van der Waals surface area contributed by atoms with Crippen molar-refractivity contribution in [1.82, 2.24) is 4.90 Å². The van der Waals surface area contributed by atoms with E-state index in [9.17, 15) is 9.59 Å². The lowest BCUT2D eigenvalue weighted by Crippen LogP contribution is -2.32. The first-order valence-electron chi connectivity index (χ1n) is 9.97. The van der Waals surface area contributed by atoms with Gasteiger partial charge in [-0.25, -0.2) is 0 Å². The lowest BCUT2D eigenvalue weighted by molar-refractivity contribution is -0.131. The Morgan fingerprint density at radius 3 is 2.37 bits per heavy atom. The van der Waals surface area contributed by atoms with Crippen molar-refractivity contribution in [3.8, 4) is 0 Å². The van der Waals surface area contributed by atoms with Gasteiger partial charge < -0.3 is 15.1 Å². The van der Waals surface area contributed by atoms with Gasteiger partial charge in [0.1, 0.15) is 0 Å². The van der Waals surface area contributed by atoms with Crippen molar-refractivity contribution in [2.45, 2.75) is 59.9 Å². The summed E-state index contributed by atoms with van der Waals surface area (Å²) in [7, 11) is 4.01. The third-order valence-corrected chi connectivity index (χ3v) is 4.73. The lowest BCUT2D eigenvalue weighted by atomic mass is 9.92. The summed E-state index contributed by atoms with van der Waals surface area (Å²) in [5.74, 6) is 0.859. The summed E-state index contributed by atoms with van der Waals surface area (Å²) in [6.07, 6.45) is 3.43. The van der Waals surface area contributed by atoms with Gasteiger partial charge in [0, 0.05) is 51.4 Å². The summed E-state index contributed by atoms with van der Waals surface area (Å²) in [6, 6.07) is 5.97. The van der Waals surface area contributed by atoms with Crippen LogP contribution in [0.15, 0.2) is 18.2 Å². The van der Waals surface area contributed by atoms with E-state index in [4.69, 9.17) is 0 Å². The van der Waals surface area contributed by atoms with Crippen molar-refractivity contribution in [3.05, 3.63) is 23.8 Å². The average molecular weight is 374 g/mol. The van der Waals surface area contributed by atoms with Crippen LogP contribution in [-0.2, 0) is 16.1 Å². The summed E-state index contributed by atoms with van der Waals surface area (Å²) in [5.41, 5.74) is 2.88. The third kappa shape index (κ3) is 6.89. The van der Waals surface area contributed by atoms with Crippen LogP contribution in [0.2, 0.25) is 0 Å². The molecule has 0 radical (unpaired) electrons. The van der Waals surface area contributed by atoms with E-state index in [0.29, 0.717) is 25.3 Å². The Hall–Kier alpha value is -2.04. The summed E-state index contributed by atoms with van der Waals surface area (Å²) in [4.78, 5) is 28.8. The number of benzene rings is 1. The van der Waals surface area contributed by atoms with Crippen LogP contribution in [0, 0.1) is 11.3 Å². The van der Waals surface area contributed by atoms with Gasteiger partial charge in [0.05, 0.1) is 0 Å². The van der Waals surface area contributed by atoms with Crippen LogP contribution in [0.3, 0.4) is 0 Å². The van der Waals surface area contributed by atoms with E-state index in [1.165, 1.54) is 12.8 Å². The maximum atomic E-state index is 12.4. The Morgan fingerprint density at radius 2 is 1.85 bits per heavy atom. The van der Waals surface area contributed by atoms with Crippen LogP contribution in [-0.4, -0.2) is 37.4 Å². The first kappa shape index (κ1) is 21.3. The summed E-state index contributed by atoms with van der Waals surface area (Å²) in [6.45, 7) is 9.50. The van der Waals surface area contributed by atoms with Crippen molar-refractivity contribution in [3.63, 3.8) is 0 Å². The van der Waals surface area contributed by atoms with Gasteiger partial charge in [-0.15, -0.1) is 0 Å². The Labute approximate surface area is 164 Å². The van der Waals surface area contributed by atoms with Gasteiger partial charge in [-0.2, -0.15) is 0 Å². The molecule has 0 aliphatic heterocycles. The normalized spacial score (nSPS) is 14.0. The molecule has 1 aliphatic carbocycles. The molecule has 2 amide bonds. The Balaban J connectivity index is 2.20. The molecule has 5 heteroatoms. The molecule has 1 aromatic carbocycles. The smallest absolute Gasteiger partial charge is 0.224 e. The summed E-state index contributed by atoms with van der Waals surface area (Å²) >= 11 is 0. The van der Waals surface area contributed by atoms with Gasteiger partial charge in [0.15, 0.2) is 0 Å². The van der Waals surface area contributed by atoms with Crippen LogP contribution in [0.4, 0.5) is 11.4 Å². The predicted molar refractivity (Wildman–Crippen MR) is 112 cm³/mol. The first-order valence-corrected chi connectivity index (χ1v) is 9.97. The van der Waals surface area contributed by atoms with Crippen LogP contribution in [0.5, 0.6) is 0 Å². The van der Waals surface area contributed by atoms with Gasteiger partial charge in [-0.1, -0.05) is 27.7 Å². The number of hydrogen-bond donors (Lipinski definition) is 1. The fourth-order valence-electron chi connectivity index (χ4n) is 3.21. The number of anilines is 2. The first-order chi connectivity index (χ1) is 12.6. The minimum Gasteiger partial charge on any atom is -0.377 e. The molecule has 0 bridgehead atoms. The molecule has 2 rings (SSSR count). The Bertz CT molecular complexity index is 673. The van der Waals surface area contributed by atoms with Crippen molar-refractivity contribution in [2.75, 3.05) is 30.9 Å². The predicted octanol–water partition coefficient (Wildman–Crippen LogP) is 4.28. The van der Waals surface area contributed by atoms with Crippen molar-refractivity contribution in [2.24, 2.45) is 11.3 Å².